The maximum absolute atomic E-state index is 5.77. The van der Waals surface area contributed by atoms with Crippen LogP contribution in [-0.2, 0) is 6.54 Å². The Labute approximate surface area is 159 Å². The van der Waals surface area contributed by atoms with Crippen molar-refractivity contribution < 1.29 is 18.6 Å². The lowest BCUT2D eigenvalue weighted by molar-refractivity contribution is 0.305. The smallest absolute Gasteiger partial charge is 0.214 e. The highest BCUT2D eigenvalue weighted by molar-refractivity contribution is 5.79. The van der Waals surface area contributed by atoms with Gasteiger partial charge in [0.25, 0.3) is 0 Å². The van der Waals surface area contributed by atoms with Gasteiger partial charge >= 0.3 is 0 Å². The van der Waals surface area contributed by atoms with Crippen LogP contribution in [0.4, 0.5) is 0 Å². The molecule has 27 heavy (non-hydrogen) atoms. The molecule has 2 rings (SSSR count). The number of methoxy groups -OCH3 is 2. The van der Waals surface area contributed by atoms with Crippen molar-refractivity contribution in [1.29, 1.82) is 0 Å². The van der Waals surface area contributed by atoms with Gasteiger partial charge in [-0.15, -0.1) is 0 Å². The third kappa shape index (κ3) is 6.40. The molecule has 0 fully saturated rings. The van der Waals surface area contributed by atoms with Crippen LogP contribution in [0.5, 0.6) is 17.2 Å². The SMILES string of the molecule is CN=C(NCCCOc1cc(OC)cc(OC)c1)NCc1nc(C)c(C)o1. The highest BCUT2D eigenvalue weighted by atomic mass is 16.5. The molecule has 0 atom stereocenters. The number of benzene rings is 1. The molecule has 8 heteroatoms. The minimum absolute atomic E-state index is 0.481. The second kappa shape index (κ2) is 10.3. The lowest BCUT2D eigenvalue weighted by Crippen LogP contribution is -2.37. The van der Waals surface area contributed by atoms with Crippen LogP contribution in [0, 0.1) is 13.8 Å². The summed E-state index contributed by atoms with van der Waals surface area (Å²) in [6.07, 6.45) is 0.803. The standard InChI is InChI=1S/C19H28N4O4/c1-13-14(2)27-18(23-13)12-22-19(20-3)21-7-6-8-26-17-10-15(24-4)9-16(11-17)25-5/h9-11H,6-8,12H2,1-5H3,(H2,20,21,22). The lowest BCUT2D eigenvalue weighted by atomic mass is 10.3. The van der Waals surface area contributed by atoms with Gasteiger partial charge in [-0.2, -0.15) is 0 Å². The van der Waals surface area contributed by atoms with Crippen LogP contribution >= 0.6 is 0 Å². The summed E-state index contributed by atoms with van der Waals surface area (Å²) in [5.74, 6) is 4.27. The van der Waals surface area contributed by atoms with Gasteiger partial charge in [-0.05, 0) is 20.3 Å². The Bertz CT molecular complexity index is 716. The number of hydrogen-bond acceptors (Lipinski definition) is 6. The molecule has 0 unspecified atom stereocenters. The Balaban J connectivity index is 1.70. The van der Waals surface area contributed by atoms with Gasteiger partial charge in [-0.25, -0.2) is 4.98 Å². The molecule has 0 saturated carbocycles. The first-order chi connectivity index (χ1) is 13.0. The van der Waals surface area contributed by atoms with Gasteiger partial charge in [0, 0.05) is 31.8 Å². The summed E-state index contributed by atoms with van der Waals surface area (Å²) in [5, 5.41) is 6.41. The number of ether oxygens (including phenoxy) is 3. The number of aromatic nitrogens is 1. The summed E-state index contributed by atoms with van der Waals surface area (Å²) < 4.78 is 21.8. The van der Waals surface area contributed by atoms with E-state index in [2.05, 4.69) is 20.6 Å². The van der Waals surface area contributed by atoms with E-state index in [-0.39, 0.29) is 0 Å². The van der Waals surface area contributed by atoms with Gasteiger partial charge < -0.3 is 29.3 Å². The summed E-state index contributed by atoms with van der Waals surface area (Å²) in [5.41, 5.74) is 0.904. The number of nitrogens with one attached hydrogen (secondary N) is 2. The van der Waals surface area contributed by atoms with E-state index >= 15 is 0 Å². The maximum atomic E-state index is 5.77. The summed E-state index contributed by atoms with van der Waals surface area (Å²) in [6, 6.07) is 5.47. The van der Waals surface area contributed by atoms with Crippen molar-refractivity contribution in [2.45, 2.75) is 26.8 Å². The molecule has 2 aromatic rings. The molecule has 1 aromatic heterocycles. The monoisotopic (exact) mass is 376 g/mol. The number of aryl methyl sites for hydroxylation is 2. The molecule has 2 N–H and O–H groups in total. The zero-order valence-electron chi connectivity index (χ0n) is 16.6. The summed E-state index contributed by atoms with van der Waals surface area (Å²) in [7, 11) is 4.95. The Morgan fingerprint density at radius 3 is 2.30 bits per heavy atom. The molecule has 0 amide bonds. The molecule has 8 nitrogen and oxygen atoms in total. The van der Waals surface area contributed by atoms with E-state index < -0.39 is 0 Å². The number of nitrogens with zero attached hydrogens (tertiary/aromatic N) is 2. The zero-order chi connectivity index (χ0) is 19.6. The van der Waals surface area contributed by atoms with Crippen molar-refractivity contribution >= 4 is 5.96 Å². The third-order valence-electron chi connectivity index (χ3n) is 3.91. The topological polar surface area (TPSA) is 90.1 Å². The molecule has 0 saturated heterocycles. The molecular formula is C19H28N4O4. The fourth-order valence-corrected chi connectivity index (χ4v) is 2.33. The van der Waals surface area contributed by atoms with Gasteiger partial charge in [0.1, 0.15) is 23.0 Å². The quantitative estimate of drug-likeness (QED) is 0.395. The van der Waals surface area contributed by atoms with Crippen LogP contribution < -0.4 is 24.8 Å². The van der Waals surface area contributed by atoms with Crippen LogP contribution in [0.15, 0.2) is 27.6 Å². The van der Waals surface area contributed by atoms with Crippen LogP contribution in [0.2, 0.25) is 0 Å². The average Bonchev–Trinajstić information content (AvgIpc) is 3.01. The second-order valence-electron chi connectivity index (χ2n) is 5.85. The van der Waals surface area contributed by atoms with Crippen molar-refractivity contribution in [3.63, 3.8) is 0 Å². The van der Waals surface area contributed by atoms with Gasteiger partial charge in [-0.3, -0.25) is 4.99 Å². The fourth-order valence-electron chi connectivity index (χ4n) is 2.33. The molecule has 0 aliphatic carbocycles. The Hall–Kier alpha value is -2.90. The Morgan fingerprint density at radius 1 is 1.07 bits per heavy atom. The normalized spacial score (nSPS) is 11.2. The van der Waals surface area contributed by atoms with Crippen LogP contribution in [0.1, 0.15) is 23.8 Å². The largest absolute Gasteiger partial charge is 0.496 e. The Kier molecular flexibility index (Phi) is 7.79. The molecule has 1 heterocycles. The molecule has 1 aromatic carbocycles. The number of guanidine groups is 1. The predicted octanol–water partition coefficient (Wildman–Crippen LogP) is 2.44. The molecular weight excluding hydrogens is 348 g/mol. The summed E-state index contributed by atoms with van der Waals surface area (Å²) >= 11 is 0. The minimum atomic E-state index is 0.481. The number of aliphatic imine (C=N–C) groups is 1. The van der Waals surface area contributed by atoms with E-state index in [1.165, 1.54) is 0 Å². The second-order valence-corrected chi connectivity index (χ2v) is 5.85. The minimum Gasteiger partial charge on any atom is -0.496 e. The maximum Gasteiger partial charge on any atom is 0.214 e. The third-order valence-corrected chi connectivity index (χ3v) is 3.91. The molecule has 0 radical (unpaired) electrons. The molecule has 0 aliphatic heterocycles. The average molecular weight is 376 g/mol. The van der Waals surface area contributed by atoms with E-state index in [0.717, 1.165) is 17.9 Å². The van der Waals surface area contributed by atoms with E-state index in [0.29, 0.717) is 48.8 Å². The van der Waals surface area contributed by atoms with Gasteiger partial charge in [-0.1, -0.05) is 0 Å². The first-order valence-electron chi connectivity index (χ1n) is 8.79. The van der Waals surface area contributed by atoms with Gasteiger partial charge in [0.15, 0.2) is 5.96 Å². The molecule has 0 aliphatic rings. The predicted molar refractivity (Wildman–Crippen MR) is 104 cm³/mol. The zero-order valence-corrected chi connectivity index (χ0v) is 16.6. The van der Waals surface area contributed by atoms with Gasteiger partial charge in [0.2, 0.25) is 5.89 Å². The van der Waals surface area contributed by atoms with E-state index in [1.54, 1.807) is 27.3 Å². The van der Waals surface area contributed by atoms with Crippen molar-refractivity contribution in [1.82, 2.24) is 15.6 Å². The van der Waals surface area contributed by atoms with E-state index in [9.17, 15) is 0 Å². The van der Waals surface area contributed by atoms with Crippen LogP contribution in [0.3, 0.4) is 0 Å². The highest BCUT2D eigenvalue weighted by Crippen LogP contribution is 2.27. The van der Waals surface area contributed by atoms with Crippen LogP contribution in [0.25, 0.3) is 0 Å². The highest BCUT2D eigenvalue weighted by Gasteiger charge is 2.06. The van der Waals surface area contributed by atoms with E-state index in [1.807, 2.05) is 26.0 Å². The lowest BCUT2D eigenvalue weighted by Gasteiger charge is -2.12. The number of hydrogen-bond donors (Lipinski definition) is 2. The van der Waals surface area contributed by atoms with Crippen molar-refractivity contribution in [3.05, 3.63) is 35.5 Å². The van der Waals surface area contributed by atoms with Crippen LogP contribution in [-0.4, -0.2) is 45.4 Å². The van der Waals surface area contributed by atoms with Crippen molar-refractivity contribution in [2.24, 2.45) is 4.99 Å². The summed E-state index contributed by atoms with van der Waals surface area (Å²) in [4.78, 5) is 8.52. The van der Waals surface area contributed by atoms with E-state index in [4.69, 9.17) is 18.6 Å². The first-order valence-corrected chi connectivity index (χ1v) is 8.79. The Morgan fingerprint density at radius 2 is 1.74 bits per heavy atom. The molecule has 0 spiro atoms. The van der Waals surface area contributed by atoms with Crippen molar-refractivity contribution in [3.8, 4) is 17.2 Å². The number of rotatable bonds is 9. The fraction of sp³-hybridized carbons (Fsp3) is 0.474. The number of oxazole rings is 1. The first kappa shape index (κ1) is 20.4. The molecule has 148 valence electrons. The van der Waals surface area contributed by atoms with Gasteiger partial charge in [0.05, 0.1) is 33.1 Å². The molecule has 0 bridgehead atoms. The summed E-state index contributed by atoms with van der Waals surface area (Å²) in [6.45, 7) is 5.57. The van der Waals surface area contributed by atoms with Crippen molar-refractivity contribution in [2.75, 3.05) is 34.4 Å².